The van der Waals surface area contributed by atoms with Gasteiger partial charge in [0.1, 0.15) is 4.90 Å². The Kier molecular flexibility index (Phi) is 6.68. The minimum Gasteiger partial charge on any atom is -0.340 e. The highest BCUT2D eigenvalue weighted by molar-refractivity contribution is 7.89. The number of piperazine rings is 1. The Morgan fingerprint density at radius 2 is 1.91 bits per heavy atom. The van der Waals surface area contributed by atoms with Crippen molar-refractivity contribution in [2.24, 2.45) is 13.0 Å². The Balaban J connectivity index is 1.33. The van der Waals surface area contributed by atoms with Gasteiger partial charge in [0, 0.05) is 77.4 Å². The number of aryl methyl sites for hydroxylation is 3. The molecule has 0 bridgehead atoms. The second kappa shape index (κ2) is 9.32. The van der Waals surface area contributed by atoms with Gasteiger partial charge in [0.15, 0.2) is 0 Å². The summed E-state index contributed by atoms with van der Waals surface area (Å²) in [6.45, 7) is 9.47. The zero-order valence-electron chi connectivity index (χ0n) is 19.1. The Morgan fingerprint density at radius 1 is 1.16 bits per heavy atom. The van der Waals surface area contributed by atoms with Gasteiger partial charge in [-0.25, -0.2) is 8.42 Å². The molecule has 0 radical (unpaired) electrons. The van der Waals surface area contributed by atoms with Crippen molar-refractivity contribution in [1.29, 1.82) is 0 Å². The molecule has 0 N–H and O–H groups in total. The fourth-order valence-corrected chi connectivity index (χ4v) is 6.06. The van der Waals surface area contributed by atoms with Crippen molar-refractivity contribution < 1.29 is 13.2 Å². The van der Waals surface area contributed by atoms with Crippen molar-refractivity contribution in [2.75, 3.05) is 39.3 Å². The predicted octanol–water partition coefficient (Wildman–Crippen LogP) is 0.690. The number of nitrogens with zero attached hydrogens (tertiary/aromatic N) is 7. The molecule has 0 aromatic carbocycles. The molecule has 1 atom stereocenters. The summed E-state index contributed by atoms with van der Waals surface area (Å²) in [7, 11) is -1.93. The molecule has 4 heterocycles. The SMILES string of the molecule is CCn1cc(CN2CCN(C(=O)[C@H]3CCCN(S(=O)(=O)c4cnn(C)c4)C3)CC2)c(C)n1. The Morgan fingerprint density at radius 3 is 2.53 bits per heavy atom. The molecule has 32 heavy (non-hydrogen) atoms. The summed E-state index contributed by atoms with van der Waals surface area (Å²) in [6.07, 6.45) is 6.40. The largest absolute Gasteiger partial charge is 0.340 e. The molecule has 2 aliphatic rings. The minimum atomic E-state index is -3.62. The molecule has 10 nitrogen and oxygen atoms in total. The van der Waals surface area contributed by atoms with Crippen molar-refractivity contribution in [2.45, 2.75) is 44.7 Å². The van der Waals surface area contributed by atoms with E-state index < -0.39 is 10.0 Å². The zero-order valence-corrected chi connectivity index (χ0v) is 20.0. The Hall–Kier alpha value is -2.24. The van der Waals surface area contributed by atoms with Crippen LogP contribution >= 0.6 is 0 Å². The van der Waals surface area contributed by atoms with Gasteiger partial charge < -0.3 is 4.90 Å². The summed E-state index contributed by atoms with van der Waals surface area (Å²) in [4.78, 5) is 17.6. The molecule has 176 valence electrons. The first-order valence-electron chi connectivity index (χ1n) is 11.3. The first-order valence-corrected chi connectivity index (χ1v) is 12.7. The molecular weight excluding hydrogens is 430 g/mol. The summed E-state index contributed by atoms with van der Waals surface area (Å²) in [6, 6.07) is 0. The zero-order chi connectivity index (χ0) is 22.9. The molecule has 0 aliphatic carbocycles. The third-order valence-corrected chi connectivity index (χ3v) is 8.32. The highest BCUT2D eigenvalue weighted by Gasteiger charge is 2.36. The molecule has 0 spiro atoms. The number of hydrogen-bond donors (Lipinski definition) is 0. The smallest absolute Gasteiger partial charge is 0.246 e. The van der Waals surface area contributed by atoms with Crippen molar-refractivity contribution in [3.63, 3.8) is 0 Å². The number of carbonyl (C=O) groups is 1. The van der Waals surface area contributed by atoms with Gasteiger partial charge in [0.25, 0.3) is 0 Å². The van der Waals surface area contributed by atoms with E-state index in [4.69, 9.17) is 0 Å². The van der Waals surface area contributed by atoms with Gasteiger partial charge in [-0.05, 0) is 26.7 Å². The fraction of sp³-hybridized carbons (Fsp3) is 0.667. The van der Waals surface area contributed by atoms with Crippen LogP contribution in [0.25, 0.3) is 0 Å². The second-order valence-corrected chi connectivity index (χ2v) is 10.7. The first kappa shape index (κ1) is 22.9. The van der Waals surface area contributed by atoms with Crippen LogP contribution < -0.4 is 0 Å². The lowest BCUT2D eigenvalue weighted by Crippen LogP contribution is -2.52. The maximum absolute atomic E-state index is 13.2. The standard InChI is InChI=1S/C21H33N7O3S/c1-4-27-14-19(17(2)23-27)13-25-8-10-26(11-9-25)21(29)18-6-5-7-28(15-18)32(30,31)20-12-22-24(3)16-20/h12,14,16,18H,4-11,13,15H2,1-3H3/t18-/m0/s1. The third kappa shape index (κ3) is 4.74. The molecule has 1 amide bonds. The van der Waals surface area contributed by atoms with Crippen molar-refractivity contribution in [3.05, 3.63) is 29.8 Å². The van der Waals surface area contributed by atoms with Crippen LogP contribution in [0.1, 0.15) is 31.0 Å². The van der Waals surface area contributed by atoms with Crippen LogP contribution in [0.5, 0.6) is 0 Å². The summed E-state index contributed by atoms with van der Waals surface area (Å²) < 4.78 is 30.8. The lowest BCUT2D eigenvalue weighted by molar-refractivity contribution is -0.138. The van der Waals surface area contributed by atoms with Gasteiger partial charge in [-0.3, -0.25) is 19.1 Å². The van der Waals surface area contributed by atoms with E-state index in [-0.39, 0.29) is 23.3 Å². The Labute approximate surface area is 189 Å². The number of aromatic nitrogens is 4. The lowest BCUT2D eigenvalue weighted by atomic mass is 9.97. The summed E-state index contributed by atoms with van der Waals surface area (Å²) in [5.41, 5.74) is 2.29. The fourth-order valence-electron chi connectivity index (χ4n) is 4.55. The second-order valence-electron chi connectivity index (χ2n) is 8.75. The molecule has 2 aliphatic heterocycles. The van der Waals surface area contributed by atoms with Gasteiger partial charge >= 0.3 is 0 Å². The topological polar surface area (TPSA) is 96.6 Å². The number of piperidine rings is 1. The number of carbonyl (C=O) groups excluding carboxylic acids is 1. The van der Waals surface area contributed by atoms with Crippen LogP contribution in [-0.2, 0) is 35.0 Å². The van der Waals surface area contributed by atoms with E-state index in [0.29, 0.717) is 26.1 Å². The van der Waals surface area contributed by atoms with Gasteiger partial charge in [-0.15, -0.1) is 0 Å². The van der Waals surface area contributed by atoms with Crippen LogP contribution in [0.3, 0.4) is 0 Å². The number of hydrogen-bond acceptors (Lipinski definition) is 6. The number of sulfonamides is 1. The molecule has 0 saturated carbocycles. The first-order chi connectivity index (χ1) is 15.3. The monoisotopic (exact) mass is 463 g/mol. The van der Waals surface area contributed by atoms with Crippen LogP contribution in [0, 0.1) is 12.8 Å². The van der Waals surface area contributed by atoms with Crippen molar-refractivity contribution >= 4 is 15.9 Å². The number of amides is 1. The summed E-state index contributed by atoms with van der Waals surface area (Å²) in [5.74, 6) is -0.211. The van der Waals surface area contributed by atoms with Gasteiger partial charge in [-0.1, -0.05) is 0 Å². The number of rotatable bonds is 6. The van der Waals surface area contributed by atoms with E-state index >= 15 is 0 Å². The minimum absolute atomic E-state index is 0.0747. The van der Waals surface area contributed by atoms with E-state index in [1.54, 1.807) is 7.05 Å². The summed E-state index contributed by atoms with van der Waals surface area (Å²) in [5, 5.41) is 8.50. The van der Waals surface area contributed by atoms with E-state index in [1.165, 1.54) is 26.9 Å². The van der Waals surface area contributed by atoms with Crippen LogP contribution in [-0.4, -0.2) is 87.3 Å². The predicted molar refractivity (Wildman–Crippen MR) is 119 cm³/mol. The van der Waals surface area contributed by atoms with Crippen molar-refractivity contribution in [3.8, 4) is 0 Å². The summed E-state index contributed by atoms with van der Waals surface area (Å²) >= 11 is 0. The molecule has 11 heteroatoms. The third-order valence-electron chi connectivity index (χ3n) is 6.50. The van der Waals surface area contributed by atoms with E-state index in [1.807, 2.05) is 16.5 Å². The quantitative estimate of drug-likeness (QED) is 0.625. The normalized spacial score (nSPS) is 21.2. The van der Waals surface area contributed by atoms with Crippen LogP contribution in [0.15, 0.2) is 23.5 Å². The van der Waals surface area contributed by atoms with Crippen LogP contribution in [0.4, 0.5) is 0 Å². The van der Waals surface area contributed by atoms with Crippen molar-refractivity contribution in [1.82, 2.24) is 33.7 Å². The van der Waals surface area contributed by atoms with Gasteiger partial charge in [0.05, 0.1) is 17.8 Å². The highest BCUT2D eigenvalue weighted by Crippen LogP contribution is 2.25. The van der Waals surface area contributed by atoms with Crippen LogP contribution in [0.2, 0.25) is 0 Å². The highest BCUT2D eigenvalue weighted by atomic mass is 32.2. The van der Waals surface area contributed by atoms with Gasteiger partial charge in [-0.2, -0.15) is 14.5 Å². The molecule has 2 fully saturated rings. The van der Waals surface area contributed by atoms with E-state index in [2.05, 4.69) is 28.2 Å². The molecular formula is C21H33N7O3S. The average molecular weight is 464 g/mol. The maximum Gasteiger partial charge on any atom is 0.246 e. The van der Waals surface area contributed by atoms with E-state index in [0.717, 1.165) is 38.3 Å². The molecule has 2 aromatic rings. The molecule has 0 unspecified atom stereocenters. The average Bonchev–Trinajstić information content (AvgIpc) is 3.39. The molecule has 2 saturated heterocycles. The maximum atomic E-state index is 13.2. The Bertz CT molecular complexity index is 1050. The van der Waals surface area contributed by atoms with E-state index in [9.17, 15) is 13.2 Å². The molecule has 2 aromatic heterocycles. The lowest BCUT2D eigenvalue weighted by Gasteiger charge is -2.38. The molecule has 4 rings (SSSR count). The van der Waals surface area contributed by atoms with Gasteiger partial charge in [0.2, 0.25) is 15.9 Å².